The van der Waals surface area contributed by atoms with E-state index in [4.69, 9.17) is 21.1 Å². The van der Waals surface area contributed by atoms with Crippen molar-refractivity contribution < 1.29 is 23.0 Å². The van der Waals surface area contributed by atoms with Crippen molar-refractivity contribution >= 4 is 11.8 Å². The van der Waals surface area contributed by atoms with Crippen LogP contribution in [0.5, 0.6) is 5.75 Å². The Labute approximate surface area is 197 Å². The van der Waals surface area contributed by atoms with Gasteiger partial charge in [0, 0.05) is 13.1 Å². The van der Waals surface area contributed by atoms with Crippen LogP contribution in [0, 0.1) is 18.6 Å². The Morgan fingerprint density at radius 1 is 1.18 bits per heavy atom. The summed E-state index contributed by atoms with van der Waals surface area (Å²) in [5.41, 5.74) is 8.38. The van der Waals surface area contributed by atoms with E-state index in [0.717, 1.165) is 36.8 Å². The molecule has 0 radical (unpaired) electrons. The summed E-state index contributed by atoms with van der Waals surface area (Å²) < 4.78 is 37.7. The number of halogens is 2. The lowest BCUT2D eigenvalue weighted by Gasteiger charge is -2.24. The average molecular weight is 476 g/mol. The van der Waals surface area contributed by atoms with Crippen molar-refractivity contribution in [2.24, 2.45) is 11.6 Å². The van der Waals surface area contributed by atoms with E-state index in [2.05, 4.69) is 10.3 Å². The third-order valence-electron chi connectivity index (χ3n) is 5.59. The number of nitrogens with zero attached hydrogens (tertiary/aromatic N) is 2. The summed E-state index contributed by atoms with van der Waals surface area (Å²) in [7, 11) is 1.58. The van der Waals surface area contributed by atoms with Gasteiger partial charge >= 0.3 is 6.09 Å². The largest absolute Gasteiger partial charge is 0.489 e. The monoisotopic (exact) mass is 475 g/mol. The van der Waals surface area contributed by atoms with Gasteiger partial charge in [-0.3, -0.25) is 0 Å². The second-order valence-corrected chi connectivity index (χ2v) is 8.34. The van der Waals surface area contributed by atoms with Gasteiger partial charge in [0.1, 0.15) is 24.0 Å². The van der Waals surface area contributed by atoms with E-state index in [1.807, 2.05) is 13.0 Å². The van der Waals surface area contributed by atoms with E-state index < -0.39 is 17.7 Å². The fraction of sp³-hybridized carbons (Fsp3) is 0.417. The molecule has 0 saturated heterocycles. The molecule has 1 aliphatic carbocycles. The van der Waals surface area contributed by atoms with Gasteiger partial charge in [0.25, 0.3) is 0 Å². The average Bonchev–Trinajstić information content (AvgIpc) is 2.79. The van der Waals surface area contributed by atoms with Gasteiger partial charge in [-0.15, -0.1) is 0 Å². The summed E-state index contributed by atoms with van der Waals surface area (Å²) in [5.74, 6) is 5.14. The van der Waals surface area contributed by atoms with Crippen LogP contribution >= 0.6 is 0 Å². The summed E-state index contributed by atoms with van der Waals surface area (Å²) in [5, 5.41) is 3.81. The molecule has 5 N–H and O–H groups in total. The Bertz CT molecular complexity index is 1020. The molecule has 8 nitrogen and oxygen atoms in total. The second-order valence-electron chi connectivity index (χ2n) is 8.34. The van der Waals surface area contributed by atoms with Crippen molar-refractivity contribution in [2.45, 2.75) is 51.7 Å². The molecular weight excluding hydrogens is 444 g/mol. The molecule has 184 valence electrons. The standard InChI is InChI=1S/C24H31F2N5O3/c1-15-22(34-19-6-4-3-5-7-19)9-8-20(30-15)23(27)21(31(2)28)13-29-24(32)33-14-16-10-17(25)12-18(26)11-16/h8-12,19H,3-7,13-14,27-28H2,1-2H3,(H,29,32)/b23-21-. The summed E-state index contributed by atoms with van der Waals surface area (Å²) in [6.07, 6.45) is 5.09. The lowest BCUT2D eigenvalue weighted by atomic mass is 9.98. The molecule has 0 unspecified atom stereocenters. The fourth-order valence-corrected chi connectivity index (χ4v) is 3.79. The van der Waals surface area contributed by atoms with Crippen LogP contribution in [0.1, 0.15) is 49.1 Å². The number of pyridine rings is 1. The van der Waals surface area contributed by atoms with E-state index in [9.17, 15) is 13.6 Å². The summed E-state index contributed by atoms with van der Waals surface area (Å²) in [6.45, 7) is 1.51. The molecule has 1 aromatic carbocycles. The van der Waals surface area contributed by atoms with E-state index in [1.54, 1.807) is 13.1 Å². The number of ether oxygens (including phenoxy) is 2. The Morgan fingerprint density at radius 3 is 2.47 bits per heavy atom. The smallest absolute Gasteiger partial charge is 0.407 e. The van der Waals surface area contributed by atoms with E-state index in [-0.39, 0.29) is 30.5 Å². The molecule has 1 saturated carbocycles. The van der Waals surface area contributed by atoms with Crippen LogP contribution in [0.25, 0.3) is 5.70 Å². The minimum absolute atomic E-state index is 0.0454. The molecule has 0 spiro atoms. The van der Waals surface area contributed by atoms with Crippen LogP contribution in [0.3, 0.4) is 0 Å². The highest BCUT2D eigenvalue weighted by Gasteiger charge is 2.18. The first kappa shape index (κ1) is 25.2. The maximum Gasteiger partial charge on any atom is 0.407 e. The number of aryl methyl sites for hydroxylation is 1. The zero-order valence-electron chi connectivity index (χ0n) is 19.4. The third-order valence-corrected chi connectivity index (χ3v) is 5.59. The molecule has 1 aliphatic rings. The van der Waals surface area contributed by atoms with Crippen LogP contribution in [0.15, 0.2) is 36.0 Å². The molecule has 10 heteroatoms. The van der Waals surface area contributed by atoms with Crippen LogP contribution < -0.4 is 21.6 Å². The number of hydrogen-bond donors (Lipinski definition) is 3. The van der Waals surface area contributed by atoms with Gasteiger partial charge in [-0.05, 0) is 62.4 Å². The number of nitrogens with two attached hydrogens (primary N) is 2. The lowest BCUT2D eigenvalue weighted by Crippen LogP contribution is -2.36. The summed E-state index contributed by atoms with van der Waals surface area (Å²) in [4.78, 5) is 16.6. The highest BCUT2D eigenvalue weighted by atomic mass is 19.1. The molecule has 2 aromatic rings. The number of rotatable bonds is 8. The minimum atomic E-state index is -0.794. The summed E-state index contributed by atoms with van der Waals surface area (Å²) >= 11 is 0. The van der Waals surface area contributed by atoms with Gasteiger partial charge in [0.15, 0.2) is 0 Å². The molecule has 1 aromatic heterocycles. The third kappa shape index (κ3) is 7.05. The van der Waals surface area contributed by atoms with Crippen LogP contribution in [0.4, 0.5) is 13.6 Å². The van der Waals surface area contributed by atoms with Crippen molar-refractivity contribution in [1.29, 1.82) is 0 Å². The number of carbonyl (C=O) groups is 1. The first-order chi connectivity index (χ1) is 16.2. The maximum atomic E-state index is 13.3. The fourth-order valence-electron chi connectivity index (χ4n) is 3.79. The van der Waals surface area contributed by atoms with Crippen LogP contribution in [-0.2, 0) is 11.3 Å². The first-order valence-electron chi connectivity index (χ1n) is 11.2. The first-order valence-corrected chi connectivity index (χ1v) is 11.2. The molecule has 0 bridgehead atoms. The number of nitrogens with one attached hydrogen (secondary N) is 1. The van der Waals surface area contributed by atoms with E-state index in [1.165, 1.54) is 24.3 Å². The number of benzene rings is 1. The molecule has 0 aliphatic heterocycles. The number of alkyl carbamates (subject to hydrolysis) is 1. The predicted octanol–water partition coefficient (Wildman–Crippen LogP) is 3.74. The number of likely N-dealkylation sites (N-methyl/N-ethyl adjacent to an activating group) is 1. The zero-order chi connectivity index (χ0) is 24.7. The lowest BCUT2D eigenvalue weighted by molar-refractivity contribution is 0.139. The summed E-state index contributed by atoms with van der Waals surface area (Å²) in [6, 6.07) is 6.50. The number of carbonyl (C=O) groups excluding carboxylic acids is 1. The van der Waals surface area contributed by atoms with Gasteiger partial charge in [0.2, 0.25) is 0 Å². The van der Waals surface area contributed by atoms with Gasteiger partial charge < -0.3 is 25.5 Å². The SMILES string of the molecule is Cc1nc(/C(N)=C(\CNC(=O)OCc2cc(F)cc(F)c2)N(C)N)ccc1OC1CCCCC1. The van der Waals surface area contributed by atoms with Crippen LogP contribution in [0.2, 0.25) is 0 Å². The molecule has 1 amide bonds. The molecule has 0 atom stereocenters. The molecule has 1 heterocycles. The topological polar surface area (TPSA) is 116 Å². The Kier molecular flexibility index (Phi) is 8.64. The number of aromatic nitrogens is 1. The molecule has 34 heavy (non-hydrogen) atoms. The number of amides is 1. The van der Waals surface area contributed by atoms with E-state index >= 15 is 0 Å². The normalized spacial score (nSPS) is 14.9. The van der Waals surface area contributed by atoms with Crippen molar-refractivity contribution in [1.82, 2.24) is 15.3 Å². The van der Waals surface area contributed by atoms with Gasteiger partial charge in [-0.1, -0.05) is 6.42 Å². The Morgan fingerprint density at radius 2 is 1.85 bits per heavy atom. The van der Waals surface area contributed by atoms with Gasteiger partial charge in [-0.25, -0.2) is 24.4 Å². The maximum absolute atomic E-state index is 13.3. The highest BCUT2D eigenvalue weighted by Crippen LogP contribution is 2.26. The molecule has 3 rings (SSSR count). The minimum Gasteiger partial charge on any atom is -0.489 e. The predicted molar refractivity (Wildman–Crippen MR) is 124 cm³/mol. The van der Waals surface area contributed by atoms with Crippen molar-refractivity contribution in [3.05, 3.63) is 64.6 Å². The molecule has 1 fully saturated rings. The van der Waals surface area contributed by atoms with Gasteiger partial charge in [-0.2, -0.15) is 0 Å². The van der Waals surface area contributed by atoms with Crippen molar-refractivity contribution in [3.63, 3.8) is 0 Å². The quantitative estimate of drug-likeness (QED) is 0.393. The highest BCUT2D eigenvalue weighted by molar-refractivity contribution is 5.69. The van der Waals surface area contributed by atoms with Gasteiger partial charge in [0.05, 0.1) is 35.4 Å². The zero-order valence-corrected chi connectivity index (χ0v) is 19.4. The second kappa shape index (κ2) is 11.6. The Balaban J connectivity index is 1.63. The number of hydrogen-bond acceptors (Lipinski definition) is 7. The van der Waals surface area contributed by atoms with Crippen molar-refractivity contribution in [2.75, 3.05) is 13.6 Å². The van der Waals surface area contributed by atoms with Crippen molar-refractivity contribution in [3.8, 4) is 5.75 Å². The number of hydrazine groups is 1. The Hall–Kier alpha value is -3.40. The van der Waals surface area contributed by atoms with E-state index in [0.29, 0.717) is 17.1 Å². The molecular formula is C24H31F2N5O3. The van der Waals surface area contributed by atoms with Crippen LogP contribution in [-0.4, -0.2) is 35.8 Å².